The van der Waals surface area contributed by atoms with E-state index in [4.69, 9.17) is 9.32 Å². The molecule has 3 saturated carbocycles. The topological polar surface area (TPSA) is 69.4 Å². The summed E-state index contributed by atoms with van der Waals surface area (Å²) in [5.41, 5.74) is 2.07. The summed E-state index contributed by atoms with van der Waals surface area (Å²) in [7, 11) is -3.89. The summed E-state index contributed by atoms with van der Waals surface area (Å²) in [6.45, 7) is 14.6. The van der Waals surface area contributed by atoms with Crippen LogP contribution < -0.4 is 5.14 Å². The number of allylic oxidation sites excluding steroid dienone is 3. The van der Waals surface area contributed by atoms with Gasteiger partial charge in [-0.25, -0.2) is 5.14 Å². The summed E-state index contributed by atoms with van der Waals surface area (Å²) in [5, 5.41) is 5.17. The molecule has 34 heavy (non-hydrogen) atoms. The SMILES string of the molecule is CC[C@H](/C=C/[C@@H](C)[C@H]1CC[C@H]2[C@@H]3CC=C4C[C@@H](OS(N)(=O)=O)CC[C@]4(C)[C@H]3CC[C@]12C)C(C)C. The Morgan fingerprint density at radius 1 is 1.09 bits per heavy atom. The van der Waals surface area contributed by atoms with Gasteiger partial charge >= 0.3 is 10.3 Å². The second kappa shape index (κ2) is 9.67. The van der Waals surface area contributed by atoms with E-state index in [1.807, 2.05) is 0 Å². The highest BCUT2D eigenvalue weighted by Gasteiger charge is 2.59. The maximum atomic E-state index is 11.5. The second-order valence-electron chi connectivity index (χ2n) is 13.0. The molecule has 0 aromatic carbocycles. The Labute approximate surface area is 209 Å². The van der Waals surface area contributed by atoms with Gasteiger partial charge in [-0.1, -0.05) is 65.3 Å². The predicted molar refractivity (Wildman–Crippen MR) is 140 cm³/mol. The highest BCUT2D eigenvalue weighted by atomic mass is 32.2. The first kappa shape index (κ1) is 26.4. The van der Waals surface area contributed by atoms with Gasteiger partial charge in [-0.15, -0.1) is 0 Å². The molecule has 4 rings (SSSR count). The van der Waals surface area contributed by atoms with Gasteiger partial charge in [0, 0.05) is 0 Å². The van der Waals surface area contributed by atoms with E-state index >= 15 is 0 Å². The van der Waals surface area contributed by atoms with Crippen LogP contribution in [0.1, 0.15) is 99.3 Å². The van der Waals surface area contributed by atoms with Crippen molar-refractivity contribution in [3.8, 4) is 0 Å². The maximum absolute atomic E-state index is 11.5. The van der Waals surface area contributed by atoms with Crippen molar-refractivity contribution < 1.29 is 12.6 Å². The summed E-state index contributed by atoms with van der Waals surface area (Å²) in [4.78, 5) is 0. The lowest BCUT2D eigenvalue weighted by Gasteiger charge is -2.58. The van der Waals surface area contributed by atoms with Crippen molar-refractivity contribution in [2.75, 3.05) is 0 Å². The molecule has 4 nitrogen and oxygen atoms in total. The fourth-order valence-electron chi connectivity index (χ4n) is 9.09. The molecule has 0 radical (unpaired) electrons. The third-order valence-corrected chi connectivity index (χ3v) is 11.6. The molecule has 0 aromatic rings. The van der Waals surface area contributed by atoms with Crippen LogP contribution in [-0.2, 0) is 14.5 Å². The van der Waals surface area contributed by atoms with Crippen LogP contribution in [0.2, 0.25) is 0 Å². The molecule has 0 aliphatic heterocycles. The van der Waals surface area contributed by atoms with Crippen molar-refractivity contribution in [3.05, 3.63) is 23.8 Å². The zero-order valence-electron chi connectivity index (χ0n) is 22.4. The van der Waals surface area contributed by atoms with E-state index in [9.17, 15) is 8.42 Å². The van der Waals surface area contributed by atoms with Gasteiger partial charge in [-0.2, -0.15) is 8.42 Å². The van der Waals surface area contributed by atoms with E-state index in [-0.39, 0.29) is 11.5 Å². The van der Waals surface area contributed by atoms with Crippen LogP contribution >= 0.6 is 0 Å². The predicted octanol–water partition coefficient (Wildman–Crippen LogP) is 7.03. The minimum absolute atomic E-state index is 0.192. The number of hydrogen-bond donors (Lipinski definition) is 1. The first-order valence-electron chi connectivity index (χ1n) is 14.0. The molecule has 5 heteroatoms. The molecule has 0 aromatic heterocycles. The van der Waals surface area contributed by atoms with Crippen LogP contribution in [-0.4, -0.2) is 14.5 Å². The molecule has 0 heterocycles. The lowest BCUT2D eigenvalue weighted by atomic mass is 9.47. The van der Waals surface area contributed by atoms with Crippen molar-refractivity contribution in [2.45, 2.75) is 105 Å². The van der Waals surface area contributed by atoms with Gasteiger partial charge in [0.05, 0.1) is 6.10 Å². The van der Waals surface area contributed by atoms with Gasteiger partial charge in [0.15, 0.2) is 0 Å². The van der Waals surface area contributed by atoms with Crippen molar-refractivity contribution in [3.63, 3.8) is 0 Å². The molecule has 0 bridgehead atoms. The van der Waals surface area contributed by atoms with E-state index in [1.54, 1.807) is 0 Å². The molecule has 194 valence electrons. The average Bonchev–Trinajstić information content (AvgIpc) is 3.10. The second-order valence-corrected chi connectivity index (χ2v) is 14.2. The van der Waals surface area contributed by atoms with Crippen molar-refractivity contribution in [1.29, 1.82) is 0 Å². The standard InChI is InChI=1S/C29H49NO3S/c1-7-21(19(2)3)9-8-20(4)25-12-13-26-24-11-10-22-18-23(33-34(30,31)32)14-16-28(22,5)27(24)15-17-29(25,26)6/h8-10,19-21,23-27H,7,11-18H2,1-6H3,(H2,30,31,32)/b9-8+/t20-,21-,23+,24+,25-,26+,27+,28+,29-/m1/s1. The van der Waals surface area contributed by atoms with Crippen LogP contribution in [0.15, 0.2) is 23.8 Å². The number of rotatable bonds is 7. The molecule has 0 saturated heterocycles. The first-order chi connectivity index (χ1) is 15.9. The lowest BCUT2D eigenvalue weighted by molar-refractivity contribution is -0.0523. The van der Waals surface area contributed by atoms with Crippen LogP contribution in [0.5, 0.6) is 0 Å². The Hall–Kier alpha value is -0.650. The summed E-state index contributed by atoms with van der Waals surface area (Å²) in [6.07, 6.45) is 17.5. The molecule has 3 fully saturated rings. The molecule has 0 amide bonds. The number of hydrogen-bond acceptors (Lipinski definition) is 3. The molecular formula is C29H49NO3S. The van der Waals surface area contributed by atoms with Crippen molar-refractivity contribution >= 4 is 10.3 Å². The van der Waals surface area contributed by atoms with Crippen LogP contribution in [0, 0.1) is 52.3 Å². The molecule has 2 N–H and O–H groups in total. The van der Waals surface area contributed by atoms with Gasteiger partial charge in [-0.3, -0.25) is 4.18 Å². The normalized spacial score (nSPS) is 42.1. The third kappa shape index (κ3) is 4.83. The van der Waals surface area contributed by atoms with E-state index in [0.717, 1.165) is 49.4 Å². The summed E-state index contributed by atoms with van der Waals surface area (Å²) in [6, 6.07) is 0. The van der Waals surface area contributed by atoms with Gasteiger partial charge < -0.3 is 0 Å². The molecular weight excluding hydrogens is 442 g/mol. The largest absolute Gasteiger partial charge is 0.333 e. The van der Waals surface area contributed by atoms with Gasteiger partial charge in [-0.05, 0) is 110 Å². The molecule has 0 unspecified atom stereocenters. The monoisotopic (exact) mass is 491 g/mol. The summed E-state index contributed by atoms with van der Waals surface area (Å²) < 4.78 is 28.2. The lowest BCUT2D eigenvalue weighted by Crippen LogP contribution is -2.51. The summed E-state index contributed by atoms with van der Waals surface area (Å²) in [5.74, 6) is 5.14. The van der Waals surface area contributed by atoms with Gasteiger partial charge in [0.2, 0.25) is 0 Å². The van der Waals surface area contributed by atoms with Gasteiger partial charge in [0.25, 0.3) is 0 Å². The fraction of sp³-hybridized carbons (Fsp3) is 0.862. The van der Waals surface area contributed by atoms with Crippen LogP contribution in [0.25, 0.3) is 0 Å². The molecule has 4 aliphatic carbocycles. The highest BCUT2D eigenvalue weighted by Crippen LogP contribution is 2.67. The van der Waals surface area contributed by atoms with E-state index in [2.05, 4.69) is 59.8 Å². The average molecular weight is 492 g/mol. The zero-order chi connectivity index (χ0) is 24.9. The molecule has 0 spiro atoms. The van der Waals surface area contributed by atoms with E-state index in [0.29, 0.717) is 23.2 Å². The minimum Gasteiger partial charge on any atom is -0.255 e. The third-order valence-electron chi connectivity index (χ3n) is 11.0. The Morgan fingerprint density at radius 3 is 2.47 bits per heavy atom. The van der Waals surface area contributed by atoms with Crippen LogP contribution in [0.3, 0.4) is 0 Å². The first-order valence-corrected chi connectivity index (χ1v) is 15.4. The quantitative estimate of drug-likeness (QED) is 0.389. The fourth-order valence-corrected chi connectivity index (χ4v) is 9.63. The Kier molecular flexibility index (Phi) is 7.51. The Morgan fingerprint density at radius 2 is 1.82 bits per heavy atom. The summed E-state index contributed by atoms with van der Waals surface area (Å²) >= 11 is 0. The van der Waals surface area contributed by atoms with E-state index < -0.39 is 10.3 Å². The maximum Gasteiger partial charge on any atom is 0.333 e. The number of nitrogens with two attached hydrogens (primary N) is 1. The minimum atomic E-state index is -3.89. The number of fused-ring (bicyclic) bond motifs is 5. The smallest absolute Gasteiger partial charge is 0.255 e. The van der Waals surface area contributed by atoms with Crippen LogP contribution in [0.4, 0.5) is 0 Å². The molecule has 9 atom stereocenters. The highest BCUT2D eigenvalue weighted by molar-refractivity contribution is 7.84. The van der Waals surface area contributed by atoms with Gasteiger partial charge in [0.1, 0.15) is 0 Å². The molecule has 4 aliphatic rings. The zero-order valence-corrected chi connectivity index (χ0v) is 23.2. The Balaban J connectivity index is 1.50. The van der Waals surface area contributed by atoms with Crippen molar-refractivity contribution in [1.82, 2.24) is 0 Å². The van der Waals surface area contributed by atoms with E-state index in [1.165, 1.54) is 37.7 Å². The Bertz CT molecular complexity index is 908. The van der Waals surface area contributed by atoms with Crippen molar-refractivity contribution in [2.24, 2.45) is 57.4 Å².